The van der Waals surface area contributed by atoms with E-state index in [1.807, 2.05) is 0 Å². The molecule has 2 amide bonds. The van der Waals surface area contributed by atoms with Gasteiger partial charge in [-0.15, -0.1) is 0 Å². The van der Waals surface area contributed by atoms with Crippen LogP contribution in [0.15, 0.2) is 12.1 Å². The first-order valence-electron chi connectivity index (χ1n) is 5.37. The molecule has 20 heavy (non-hydrogen) atoms. The molecule has 110 valence electrons. The number of amides is 2. The van der Waals surface area contributed by atoms with Crippen molar-refractivity contribution in [3.63, 3.8) is 0 Å². The van der Waals surface area contributed by atoms with Crippen molar-refractivity contribution in [1.82, 2.24) is 10.3 Å². The zero-order valence-corrected chi connectivity index (χ0v) is 10.9. The van der Waals surface area contributed by atoms with E-state index in [0.717, 1.165) is 12.1 Å². The Hall–Kier alpha value is -2.10. The van der Waals surface area contributed by atoms with E-state index in [9.17, 15) is 18.0 Å². The molecule has 0 aliphatic carbocycles. The molecule has 0 bridgehead atoms. The Bertz CT molecular complexity index is 520. The summed E-state index contributed by atoms with van der Waals surface area (Å²) in [6.07, 6.45) is -4.57. The number of nitrogens with one attached hydrogen (secondary N) is 2. The monoisotopic (exact) mass is 307 g/mol. The van der Waals surface area contributed by atoms with Gasteiger partial charge >= 0.3 is 12.2 Å². The smallest absolute Gasteiger partial charge is 0.389 e. The van der Waals surface area contributed by atoms with Gasteiger partial charge in [-0.05, 0) is 12.1 Å². The summed E-state index contributed by atoms with van der Waals surface area (Å²) in [6, 6.07) is 1.20. The minimum Gasteiger partial charge on any atom is -0.389 e. The maximum Gasteiger partial charge on any atom is 0.433 e. The summed E-state index contributed by atoms with van der Waals surface area (Å²) in [5, 5.41) is 4.89. The lowest BCUT2D eigenvalue weighted by molar-refractivity contribution is -0.141. The number of pyridine rings is 1. The molecule has 0 fully saturated rings. The van der Waals surface area contributed by atoms with E-state index in [1.54, 1.807) is 0 Å². The summed E-state index contributed by atoms with van der Waals surface area (Å²) in [6.45, 7) is 0.233. The third kappa shape index (κ3) is 4.53. The summed E-state index contributed by atoms with van der Waals surface area (Å²) in [5.74, 6) is -0.0985. The van der Waals surface area contributed by atoms with Gasteiger partial charge in [-0.3, -0.25) is 0 Å². The quantitative estimate of drug-likeness (QED) is 0.476. The van der Waals surface area contributed by atoms with Crippen LogP contribution in [0.25, 0.3) is 0 Å². The van der Waals surface area contributed by atoms with Crippen molar-refractivity contribution in [3.8, 4) is 0 Å². The zero-order valence-electron chi connectivity index (χ0n) is 10.1. The van der Waals surface area contributed by atoms with Crippen LogP contribution in [0.5, 0.6) is 0 Å². The number of hydrogen-bond donors (Lipinski definition) is 4. The number of nitrogens with zero attached hydrogens (tertiary/aromatic N) is 1. The second-order valence-corrected chi connectivity index (χ2v) is 4.11. The standard InChI is InChI=1S/C10H12F3N5OS/c11-10(12,13)6-2-1-5(7(14)20)8(18-6)16-3-4-17-9(15)19/h1-2H,3-4H2,(H2,14,20)(H,16,18)(H3,15,17,19). The third-order valence-corrected chi connectivity index (χ3v) is 2.39. The number of urea groups is 1. The molecule has 0 aliphatic heterocycles. The molecule has 1 heterocycles. The molecule has 0 atom stereocenters. The topological polar surface area (TPSA) is 106 Å². The first-order valence-corrected chi connectivity index (χ1v) is 5.78. The molecule has 6 N–H and O–H groups in total. The fourth-order valence-corrected chi connectivity index (χ4v) is 1.48. The van der Waals surface area contributed by atoms with Gasteiger partial charge in [0.25, 0.3) is 0 Å². The Morgan fingerprint density at radius 2 is 1.95 bits per heavy atom. The summed E-state index contributed by atoms with van der Waals surface area (Å²) in [4.78, 5) is 13.8. The Morgan fingerprint density at radius 1 is 1.30 bits per heavy atom. The van der Waals surface area contributed by atoms with E-state index in [1.165, 1.54) is 0 Å². The molecule has 0 spiro atoms. The molecule has 0 aliphatic rings. The summed E-state index contributed by atoms with van der Waals surface area (Å²) < 4.78 is 37.7. The average Bonchev–Trinajstić information content (AvgIpc) is 2.32. The molecule has 1 rings (SSSR count). The third-order valence-electron chi connectivity index (χ3n) is 2.17. The number of primary amides is 1. The predicted molar refractivity (Wildman–Crippen MR) is 71.2 cm³/mol. The number of nitrogens with two attached hydrogens (primary N) is 2. The molecule has 10 heteroatoms. The summed E-state index contributed by atoms with van der Waals surface area (Å²) >= 11 is 4.73. The van der Waals surface area contributed by atoms with E-state index < -0.39 is 17.9 Å². The van der Waals surface area contributed by atoms with E-state index in [2.05, 4.69) is 15.6 Å². The summed E-state index contributed by atoms with van der Waals surface area (Å²) in [5.41, 5.74) is 9.38. The lowest BCUT2D eigenvalue weighted by Crippen LogP contribution is -2.33. The number of rotatable bonds is 5. The lowest BCUT2D eigenvalue weighted by atomic mass is 10.2. The maximum absolute atomic E-state index is 12.6. The normalized spacial score (nSPS) is 10.9. The minimum atomic E-state index is -4.57. The highest BCUT2D eigenvalue weighted by molar-refractivity contribution is 7.80. The van der Waals surface area contributed by atoms with Crippen LogP contribution < -0.4 is 22.1 Å². The highest BCUT2D eigenvalue weighted by Crippen LogP contribution is 2.29. The van der Waals surface area contributed by atoms with Crippen LogP contribution in [0.4, 0.5) is 23.8 Å². The van der Waals surface area contributed by atoms with E-state index in [4.69, 9.17) is 23.7 Å². The Morgan fingerprint density at radius 3 is 2.45 bits per heavy atom. The molecule has 1 aromatic rings. The number of carbonyl (C=O) groups excluding carboxylic acids is 1. The van der Waals surface area contributed by atoms with Gasteiger partial charge in [0.2, 0.25) is 0 Å². The molecule has 6 nitrogen and oxygen atoms in total. The SMILES string of the molecule is NC(=O)NCCNc1nc(C(F)(F)F)ccc1C(N)=S. The van der Waals surface area contributed by atoms with Gasteiger partial charge in [0, 0.05) is 13.1 Å². The van der Waals surface area contributed by atoms with Crippen molar-refractivity contribution in [3.05, 3.63) is 23.4 Å². The highest BCUT2D eigenvalue weighted by Gasteiger charge is 2.33. The van der Waals surface area contributed by atoms with Gasteiger partial charge in [0.15, 0.2) is 0 Å². The molecular weight excluding hydrogens is 295 g/mol. The molecule has 1 aromatic heterocycles. The van der Waals surface area contributed by atoms with Crippen LogP contribution in [0.3, 0.4) is 0 Å². The zero-order chi connectivity index (χ0) is 15.3. The Balaban J connectivity index is 2.89. The van der Waals surface area contributed by atoms with Gasteiger partial charge in [-0.1, -0.05) is 12.2 Å². The van der Waals surface area contributed by atoms with Crippen molar-refractivity contribution in [2.45, 2.75) is 6.18 Å². The average molecular weight is 307 g/mol. The second kappa shape index (κ2) is 6.37. The predicted octanol–water partition coefficient (Wildman–Crippen LogP) is 0.815. The van der Waals surface area contributed by atoms with E-state index in [0.29, 0.717) is 0 Å². The van der Waals surface area contributed by atoms with Crippen LogP contribution in [0.1, 0.15) is 11.3 Å². The largest absolute Gasteiger partial charge is 0.433 e. The van der Waals surface area contributed by atoms with E-state index in [-0.39, 0.29) is 29.5 Å². The number of hydrogen-bond acceptors (Lipinski definition) is 4. The van der Waals surface area contributed by atoms with Crippen molar-refractivity contribution in [2.75, 3.05) is 18.4 Å². The van der Waals surface area contributed by atoms with Crippen LogP contribution in [-0.2, 0) is 6.18 Å². The number of aromatic nitrogens is 1. The van der Waals surface area contributed by atoms with Crippen molar-refractivity contribution >= 4 is 29.1 Å². The second-order valence-electron chi connectivity index (χ2n) is 3.67. The molecule has 0 radical (unpaired) electrons. The maximum atomic E-state index is 12.6. The van der Waals surface area contributed by atoms with Crippen LogP contribution in [0, 0.1) is 0 Å². The number of thiocarbonyl (C=S) groups is 1. The highest BCUT2D eigenvalue weighted by atomic mass is 32.1. The number of alkyl halides is 3. The number of carbonyl (C=O) groups is 1. The number of halogens is 3. The van der Waals surface area contributed by atoms with Gasteiger partial charge in [-0.2, -0.15) is 13.2 Å². The summed E-state index contributed by atoms with van der Waals surface area (Å²) in [7, 11) is 0. The fourth-order valence-electron chi connectivity index (χ4n) is 1.32. The first-order chi connectivity index (χ1) is 9.21. The lowest BCUT2D eigenvalue weighted by Gasteiger charge is -2.13. The molecule has 0 unspecified atom stereocenters. The van der Waals surface area contributed by atoms with Crippen LogP contribution >= 0.6 is 12.2 Å². The first kappa shape index (κ1) is 16.0. The molecule has 0 saturated carbocycles. The van der Waals surface area contributed by atoms with Gasteiger partial charge < -0.3 is 22.1 Å². The van der Waals surface area contributed by atoms with Gasteiger partial charge in [0.1, 0.15) is 16.5 Å². The fraction of sp³-hybridized carbons (Fsp3) is 0.300. The Kier molecular flexibility index (Phi) is 5.08. The number of anilines is 1. The van der Waals surface area contributed by atoms with Gasteiger partial charge in [-0.25, -0.2) is 9.78 Å². The van der Waals surface area contributed by atoms with E-state index >= 15 is 0 Å². The molecular formula is C10H12F3N5OS. The van der Waals surface area contributed by atoms with Crippen molar-refractivity contribution in [1.29, 1.82) is 0 Å². The van der Waals surface area contributed by atoms with Crippen molar-refractivity contribution < 1.29 is 18.0 Å². The van der Waals surface area contributed by atoms with Crippen molar-refractivity contribution in [2.24, 2.45) is 11.5 Å². The van der Waals surface area contributed by atoms with Gasteiger partial charge in [0.05, 0.1) is 5.56 Å². The Labute approximate surface area is 117 Å². The van der Waals surface area contributed by atoms with Crippen LogP contribution in [-0.4, -0.2) is 29.1 Å². The van der Waals surface area contributed by atoms with Crippen LogP contribution in [0.2, 0.25) is 0 Å². The molecule has 0 aromatic carbocycles. The minimum absolute atomic E-state index is 0.0865. The molecule has 0 saturated heterocycles.